The molecule has 80 valence electrons. The third-order valence-electron chi connectivity index (χ3n) is 2.14. The quantitative estimate of drug-likeness (QED) is 0.790. The number of oxazole rings is 1. The number of hydrogen-bond donors (Lipinski definition) is 2. The van der Waals surface area contributed by atoms with Gasteiger partial charge in [-0.1, -0.05) is 0 Å². The maximum atomic E-state index is 5.58. The first-order valence-electron chi connectivity index (χ1n) is 4.89. The molecule has 2 heterocycles. The van der Waals surface area contributed by atoms with Crippen molar-refractivity contribution >= 4 is 0 Å². The van der Waals surface area contributed by atoms with Crippen LogP contribution in [-0.4, -0.2) is 21.7 Å². The van der Waals surface area contributed by atoms with E-state index in [1.54, 1.807) is 0 Å². The summed E-state index contributed by atoms with van der Waals surface area (Å²) in [6, 6.07) is 1.93. The van der Waals surface area contributed by atoms with E-state index in [0.29, 0.717) is 18.9 Å². The summed E-state index contributed by atoms with van der Waals surface area (Å²) >= 11 is 0. The van der Waals surface area contributed by atoms with E-state index in [0.717, 1.165) is 22.8 Å². The van der Waals surface area contributed by atoms with E-state index in [1.807, 2.05) is 19.9 Å². The van der Waals surface area contributed by atoms with E-state index >= 15 is 0 Å². The average molecular weight is 206 g/mol. The Morgan fingerprint density at radius 3 is 2.87 bits per heavy atom. The van der Waals surface area contributed by atoms with Crippen LogP contribution in [-0.2, 0) is 6.42 Å². The van der Waals surface area contributed by atoms with Gasteiger partial charge in [-0.3, -0.25) is 5.10 Å². The molecule has 3 N–H and O–H groups in total. The highest BCUT2D eigenvalue weighted by Crippen LogP contribution is 2.22. The van der Waals surface area contributed by atoms with Crippen molar-refractivity contribution < 1.29 is 4.42 Å². The first-order chi connectivity index (χ1) is 7.20. The summed E-state index contributed by atoms with van der Waals surface area (Å²) in [5.41, 5.74) is 8.09. The Kier molecular flexibility index (Phi) is 2.55. The standard InChI is InChI=1S/C10H14N4O/c1-6-5-8(14-13-6)10-7(2)12-9(15-10)3-4-11/h5H,3-4,11H2,1-2H3,(H,13,14). The van der Waals surface area contributed by atoms with E-state index < -0.39 is 0 Å². The summed E-state index contributed by atoms with van der Waals surface area (Å²) < 4.78 is 5.58. The number of aromatic amines is 1. The number of nitrogens with two attached hydrogens (primary N) is 1. The fourth-order valence-corrected chi connectivity index (χ4v) is 1.45. The van der Waals surface area contributed by atoms with E-state index in [1.165, 1.54) is 0 Å². The molecule has 0 atom stereocenters. The van der Waals surface area contributed by atoms with Crippen LogP contribution in [0.4, 0.5) is 0 Å². The van der Waals surface area contributed by atoms with Crippen molar-refractivity contribution in [2.45, 2.75) is 20.3 Å². The molecule has 2 rings (SSSR count). The van der Waals surface area contributed by atoms with Gasteiger partial charge in [0.15, 0.2) is 11.7 Å². The van der Waals surface area contributed by atoms with Crippen molar-refractivity contribution in [3.05, 3.63) is 23.3 Å². The van der Waals surface area contributed by atoms with E-state index in [9.17, 15) is 0 Å². The first kappa shape index (κ1) is 9.92. The number of nitrogens with zero attached hydrogens (tertiary/aromatic N) is 2. The highest BCUT2D eigenvalue weighted by atomic mass is 16.4. The largest absolute Gasteiger partial charge is 0.439 e. The minimum atomic E-state index is 0.541. The number of aromatic nitrogens is 3. The van der Waals surface area contributed by atoms with Gasteiger partial charge in [0.2, 0.25) is 0 Å². The molecular weight excluding hydrogens is 192 g/mol. The Bertz CT molecular complexity index is 458. The molecule has 2 aromatic heterocycles. The van der Waals surface area contributed by atoms with Crippen molar-refractivity contribution in [3.8, 4) is 11.5 Å². The van der Waals surface area contributed by atoms with Gasteiger partial charge in [-0.2, -0.15) is 5.10 Å². The zero-order chi connectivity index (χ0) is 10.8. The normalized spacial score (nSPS) is 10.9. The van der Waals surface area contributed by atoms with E-state index in [4.69, 9.17) is 10.2 Å². The van der Waals surface area contributed by atoms with Gasteiger partial charge in [0, 0.05) is 18.7 Å². The Morgan fingerprint density at radius 2 is 2.27 bits per heavy atom. The Balaban J connectivity index is 2.35. The molecule has 0 saturated heterocycles. The molecule has 0 aliphatic heterocycles. The van der Waals surface area contributed by atoms with Crippen LogP contribution in [0.1, 0.15) is 17.3 Å². The van der Waals surface area contributed by atoms with Crippen molar-refractivity contribution in [1.29, 1.82) is 0 Å². The second kappa shape index (κ2) is 3.86. The van der Waals surface area contributed by atoms with Crippen LogP contribution in [0.25, 0.3) is 11.5 Å². The van der Waals surface area contributed by atoms with Crippen LogP contribution < -0.4 is 5.73 Å². The monoisotopic (exact) mass is 206 g/mol. The summed E-state index contributed by atoms with van der Waals surface area (Å²) in [4.78, 5) is 4.29. The van der Waals surface area contributed by atoms with Crippen molar-refractivity contribution in [1.82, 2.24) is 15.2 Å². The predicted molar refractivity (Wildman–Crippen MR) is 56.3 cm³/mol. The Morgan fingerprint density at radius 1 is 1.47 bits per heavy atom. The highest BCUT2D eigenvalue weighted by Gasteiger charge is 2.13. The smallest absolute Gasteiger partial charge is 0.196 e. The average Bonchev–Trinajstić information content (AvgIpc) is 2.73. The SMILES string of the molecule is Cc1cc(-c2oc(CCN)nc2C)n[nH]1. The third-order valence-corrected chi connectivity index (χ3v) is 2.14. The molecule has 2 aromatic rings. The summed E-state index contributed by atoms with van der Waals surface area (Å²) in [6.07, 6.45) is 0.657. The zero-order valence-corrected chi connectivity index (χ0v) is 8.87. The zero-order valence-electron chi connectivity index (χ0n) is 8.87. The summed E-state index contributed by atoms with van der Waals surface area (Å²) in [5.74, 6) is 1.40. The summed E-state index contributed by atoms with van der Waals surface area (Å²) in [5, 5.41) is 7.00. The van der Waals surface area contributed by atoms with E-state index in [2.05, 4.69) is 15.2 Å². The first-order valence-corrected chi connectivity index (χ1v) is 4.89. The molecule has 0 aliphatic carbocycles. The number of rotatable bonds is 3. The number of hydrogen-bond acceptors (Lipinski definition) is 4. The lowest BCUT2D eigenvalue weighted by molar-refractivity contribution is 0.506. The molecule has 0 aromatic carbocycles. The van der Waals surface area contributed by atoms with Gasteiger partial charge in [0.25, 0.3) is 0 Å². The minimum absolute atomic E-state index is 0.541. The fraction of sp³-hybridized carbons (Fsp3) is 0.400. The molecule has 15 heavy (non-hydrogen) atoms. The van der Waals surface area contributed by atoms with Crippen LogP contribution in [0.2, 0.25) is 0 Å². The van der Waals surface area contributed by atoms with Crippen LogP contribution in [0.15, 0.2) is 10.5 Å². The van der Waals surface area contributed by atoms with E-state index in [-0.39, 0.29) is 0 Å². The van der Waals surface area contributed by atoms with Gasteiger partial charge in [-0.05, 0) is 19.9 Å². The molecule has 0 unspecified atom stereocenters. The van der Waals surface area contributed by atoms with Gasteiger partial charge in [0.05, 0.1) is 5.69 Å². The second-order valence-corrected chi connectivity index (χ2v) is 3.50. The van der Waals surface area contributed by atoms with Crippen LogP contribution in [0.5, 0.6) is 0 Å². The topological polar surface area (TPSA) is 80.7 Å². The molecule has 0 radical (unpaired) electrons. The van der Waals surface area contributed by atoms with Gasteiger partial charge >= 0.3 is 0 Å². The lowest BCUT2D eigenvalue weighted by atomic mass is 10.3. The maximum absolute atomic E-state index is 5.58. The maximum Gasteiger partial charge on any atom is 0.196 e. The number of aryl methyl sites for hydroxylation is 2. The fourth-order valence-electron chi connectivity index (χ4n) is 1.45. The van der Waals surface area contributed by atoms with Gasteiger partial charge in [0.1, 0.15) is 5.69 Å². The van der Waals surface area contributed by atoms with Crippen molar-refractivity contribution in [2.75, 3.05) is 6.54 Å². The molecule has 0 aliphatic rings. The second-order valence-electron chi connectivity index (χ2n) is 3.50. The van der Waals surface area contributed by atoms with Gasteiger partial charge in [-0.15, -0.1) is 0 Å². The lowest BCUT2D eigenvalue weighted by Crippen LogP contribution is -2.02. The molecule has 0 amide bonds. The summed E-state index contributed by atoms with van der Waals surface area (Å²) in [6.45, 7) is 4.39. The predicted octanol–water partition coefficient (Wildman–Crippen LogP) is 1.18. The Hall–Kier alpha value is -1.62. The molecule has 5 heteroatoms. The Labute approximate surface area is 87.7 Å². The highest BCUT2D eigenvalue weighted by molar-refractivity contribution is 5.54. The molecule has 5 nitrogen and oxygen atoms in total. The summed E-state index contributed by atoms with van der Waals surface area (Å²) in [7, 11) is 0. The number of H-pyrrole nitrogens is 1. The van der Waals surface area contributed by atoms with Crippen LogP contribution >= 0.6 is 0 Å². The lowest BCUT2D eigenvalue weighted by Gasteiger charge is -1.89. The van der Waals surface area contributed by atoms with Crippen molar-refractivity contribution in [2.24, 2.45) is 5.73 Å². The minimum Gasteiger partial charge on any atom is -0.439 e. The molecule has 0 bridgehead atoms. The van der Waals surface area contributed by atoms with Crippen LogP contribution in [0.3, 0.4) is 0 Å². The van der Waals surface area contributed by atoms with Gasteiger partial charge < -0.3 is 10.2 Å². The molecule has 0 spiro atoms. The van der Waals surface area contributed by atoms with Crippen molar-refractivity contribution in [3.63, 3.8) is 0 Å². The van der Waals surface area contributed by atoms with Crippen LogP contribution in [0, 0.1) is 13.8 Å². The number of nitrogens with one attached hydrogen (secondary N) is 1. The molecule has 0 fully saturated rings. The van der Waals surface area contributed by atoms with Gasteiger partial charge in [-0.25, -0.2) is 4.98 Å². The third kappa shape index (κ3) is 1.92. The molecular formula is C10H14N4O. The molecule has 0 saturated carbocycles.